The molecule has 158 valence electrons. The van der Waals surface area contributed by atoms with Crippen LogP contribution in [0, 0.1) is 0 Å². The lowest BCUT2D eigenvalue weighted by Crippen LogP contribution is -2.36. The SMILES string of the molecule is COC(=O)c1cn(C(=O)OC(C)(C)C)c2nccc(CN[C@H](CCF)C(=O)O)c12. The highest BCUT2D eigenvalue weighted by Gasteiger charge is 2.26. The summed E-state index contributed by atoms with van der Waals surface area (Å²) in [5, 5.41) is 12.2. The first-order valence-electron chi connectivity index (χ1n) is 8.91. The fourth-order valence-electron chi connectivity index (χ4n) is 2.74. The number of nitrogens with one attached hydrogen (secondary N) is 1. The third-order valence-electron chi connectivity index (χ3n) is 4.00. The van der Waals surface area contributed by atoms with Crippen LogP contribution in [0.15, 0.2) is 18.5 Å². The second-order valence-corrected chi connectivity index (χ2v) is 7.30. The van der Waals surface area contributed by atoms with Crippen LogP contribution < -0.4 is 5.32 Å². The van der Waals surface area contributed by atoms with Crippen molar-refractivity contribution in [3.8, 4) is 0 Å². The molecule has 2 aromatic rings. The monoisotopic (exact) mass is 409 g/mol. The lowest BCUT2D eigenvalue weighted by molar-refractivity contribution is -0.139. The molecule has 0 saturated heterocycles. The van der Waals surface area contributed by atoms with Crippen molar-refractivity contribution < 1.29 is 33.4 Å². The molecule has 1 atom stereocenters. The normalized spacial score (nSPS) is 12.6. The van der Waals surface area contributed by atoms with Crippen molar-refractivity contribution in [2.45, 2.75) is 45.4 Å². The zero-order chi connectivity index (χ0) is 21.8. The highest BCUT2D eigenvalue weighted by Crippen LogP contribution is 2.26. The van der Waals surface area contributed by atoms with Gasteiger partial charge in [-0.2, -0.15) is 0 Å². The zero-order valence-electron chi connectivity index (χ0n) is 16.7. The number of fused-ring (bicyclic) bond motifs is 1. The van der Waals surface area contributed by atoms with E-state index in [4.69, 9.17) is 9.47 Å². The lowest BCUT2D eigenvalue weighted by atomic mass is 10.1. The topological polar surface area (TPSA) is 120 Å². The first-order valence-corrected chi connectivity index (χ1v) is 8.91. The average molecular weight is 409 g/mol. The lowest BCUT2D eigenvalue weighted by Gasteiger charge is -2.19. The van der Waals surface area contributed by atoms with E-state index in [1.54, 1.807) is 26.8 Å². The maximum absolute atomic E-state index is 12.6. The number of carboxylic acid groups (broad SMARTS) is 1. The third-order valence-corrected chi connectivity index (χ3v) is 4.00. The van der Waals surface area contributed by atoms with Crippen LogP contribution in [0.4, 0.5) is 9.18 Å². The van der Waals surface area contributed by atoms with Crippen LogP contribution in [0.1, 0.15) is 43.1 Å². The molecule has 0 aliphatic rings. The summed E-state index contributed by atoms with van der Waals surface area (Å²) in [6.45, 7) is 4.34. The number of aromatic nitrogens is 2. The van der Waals surface area contributed by atoms with Crippen molar-refractivity contribution in [1.29, 1.82) is 0 Å². The van der Waals surface area contributed by atoms with Crippen LogP contribution in [-0.2, 0) is 20.8 Å². The van der Waals surface area contributed by atoms with Gasteiger partial charge in [0.1, 0.15) is 11.6 Å². The predicted octanol–water partition coefficient (Wildman–Crippen LogP) is 2.51. The van der Waals surface area contributed by atoms with Gasteiger partial charge in [0.2, 0.25) is 0 Å². The predicted molar refractivity (Wildman–Crippen MR) is 102 cm³/mol. The number of carboxylic acids is 1. The standard InChI is InChI=1S/C19H24FN3O6/c1-19(2,3)29-18(27)23-10-12(17(26)28-4)14-11(6-8-21-15(14)23)9-22-13(5-7-20)16(24)25/h6,8,10,13,22H,5,7,9H2,1-4H3,(H,24,25)/t13-/m1/s1. The Kier molecular flexibility index (Phi) is 6.91. The van der Waals surface area contributed by atoms with Crippen LogP contribution in [0.2, 0.25) is 0 Å². The van der Waals surface area contributed by atoms with Crippen LogP contribution >= 0.6 is 0 Å². The van der Waals surface area contributed by atoms with E-state index in [1.165, 1.54) is 19.5 Å². The summed E-state index contributed by atoms with van der Waals surface area (Å²) >= 11 is 0. The first kappa shape index (κ1) is 22.3. The van der Waals surface area contributed by atoms with Gasteiger partial charge < -0.3 is 19.9 Å². The van der Waals surface area contributed by atoms with Crippen LogP contribution in [0.25, 0.3) is 11.0 Å². The Morgan fingerprint density at radius 2 is 2.03 bits per heavy atom. The highest BCUT2D eigenvalue weighted by molar-refractivity contribution is 6.06. The summed E-state index contributed by atoms with van der Waals surface area (Å²) in [6.07, 6.45) is 1.77. The molecule has 0 fully saturated rings. The van der Waals surface area contributed by atoms with Crippen LogP contribution in [-0.4, -0.2) is 58.1 Å². The van der Waals surface area contributed by atoms with E-state index in [0.717, 1.165) is 4.57 Å². The highest BCUT2D eigenvalue weighted by atomic mass is 19.1. The van der Waals surface area contributed by atoms with Crippen molar-refractivity contribution in [1.82, 2.24) is 14.9 Å². The number of hydrogen-bond donors (Lipinski definition) is 2. The van der Waals surface area contributed by atoms with Gasteiger partial charge in [-0.1, -0.05) is 0 Å². The molecule has 2 aromatic heterocycles. The average Bonchev–Trinajstić information content (AvgIpc) is 3.03. The summed E-state index contributed by atoms with van der Waals surface area (Å²) in [6, 6.07) is 0.480. The molecule has 9 nitrogen and oxygen atoms in total. The molecule has 0 aromatic carbocycles. The molecule has 2 rings (SSSR count). The third kappa shape index (κ3) is 5.29. The number of ether oxygens (including phenoxy) is 2. The Hall–Kier alpha value is -3.01. The van der Waals surface area contributed by atoms with Crippen molar-refractivity contribution in [2.24, 2.45) is 0 Å². The van der Waals surface area contributed by atoms with E-state index in [-0.39, 0.29) is 24.2 Å². The Balaban J connectivity index is 2.51. The molecule has 0 aliphatic heterocycles. The van der Waals surface area contributed by atoms with E-state index in [1.807, 2.05) is 0 Å². The molecule has 29 heavy (non-hydrogen) atoms. The van der Waals surface area contributed by atoms with Gasteiger partial charge in [0.25, 0.3) is 0 Å². The quantitative estimate of drug-likeness (QED) is 0.670. The second-order valence-electron chi connectivity index (χ2n) is 7.30. The number of aliphatic carboxylic acids is 1. The maximum atomic E-state index is 12.6. The van der Waals surface area contributed by atoms with Gasteiger partial charge in [0.05, 0.1) is 19.3 Å². The number of alkyl halides is 1. The van der Waals surface area contributed by atoms with E-state index >= 15 is 0 Å². The minimum absolute atomic E-state index is 0.0122. The molecule has 0 radical (unpaired) electrons. The van der Waals surface area contributed by atoms with E-state index in [2.05, 4.69) is 10.3 Å². The molecule has 2 N–H and O–H groups in total. The van der Waals surface area contributed by atoms with Crippen molar-refractivity contribution in [3.05, 3.63) is 29.6 Å². The minimum Gasteiger partial charge on any atom is -0.480 e. The van der Waals surface area contributed by atoms with E-state index < -0.39 is 36.3 Å². The Bertz CT molecular complexity index is 919. The van der Waals surface area contributed by atoms with Crippen molar-refractivity contribution in [3.63, 3.8) is 0 Å². The number of methoxy groups -OCH3 is 1. The van der Waals surface area contributed by atoms with Gasteiger partial charge in [0, 0.05) is 30.7 Å². The molecule has 10 heteroatoms. The molecule has 0 unspecified atom stereocenters. The summed E-state index contributed by atoms with van der Waals surface area (Å²) < 4.78 is 23.9. The molecule has 0 amide bonds. The molecule has 0 aliphatic carbocycles. The number of carbonyl (C=O) groups excluding carboxylic acids is 2. The van der Waals surface area contributed by atoms with Crippen LogP contribution in [0.3, 0.4) is 0 Å². The van der Waals surface area contributed by atoms with Gasteiger partial charge >= 0.3 is 18.0 Å². The number of hydrogen-bond acceptors (Lipinski definition) is 7. The van der Waals surface area contributed by atoms with Gasteiger partial charge in [-0.05, 0) is 32.4 Å². The summed E-state index contributed by atoms with van der Waals surface area (Å²) in [7, 11) is 1.20. The number of carbonyl (C=O) groups is 3. The summed E-state index contributed by atoms with van der Waals surface area (Å²) in [5.74, 6) is -1.88. The minimum atomic E-state index is -1.19. The van der Waals surface area contributed by atoms with Gasteiger partial charge in [-0.15, -0.1) is 0 Å². The first-order chi connectivity index (χ1) is 13.6. The summed E-state index contributed by atoms with van der Waals surface area (Å²) in [4.78, 5) is 40.3. The number of halogens is 1. The number of pyridine rings is 1. The fourth-order valence-corrected chi connectivity index (χ4v) is 2.74. The second kappa shape index (κ2) is 8.99. The zero-order valence-corrected chi connectivity index (χ0v) is 16.7. The molecule has 0 saturated carbocycles. The molecular formula is C19H24FN3O6. The van der Waals surface area contributed by atoms with E-state index in [9.17, 15) is 23.9 Å². The Morgan fingerprint density at radius 1 is 1.34 bits per heavy atom. The van der Waals surface area contributed by atoms with Gasteiger partial charge in [-0.3, -0.25) is 9.18 Å². The fraction of sp³-hybridized carbons (Fsp3) is 0.474. The number of esters is 1. The molecule has 0 bridgehead atoms. The molecule has 0 spiro atoms. The van der Waals surface area contributed by atoms with Crippen molar-refractivity contribution in [2.75, 3.05) is 13.8 Å². The maximum Gasteiger partial charge on any atom is 0.420 e. The number of rotatable bonds is 7. The smallest absolute Gasteiger partial charge is 0.420 e. The number of nitrogens with zero attached hydrogens (tertiary/aromatic N) is 2. The van der Waals surface area contributed by atoms with Gasteiger partial charge in [-0.25, -0.2) is 19.1 Å². The van der Waals surface area contributed by atoms with Crippen LogP contribution in [0.5, 0.6) is 0 Å². The molecule has 2 heterocycles. The largest absolute Gasteiger partial charge is 0.480 e. The Morgan fingerprint density at radius 3 is 2.59 bits per heavy atom. The van der Waals surface area contributed by atoms with Crippen molar-refractivity contribution >= 4 is 29.1 Å². The molecular weight excluding hydrogens is 385 g/mol. The Labute approximate surface area is 166 Å². The van der Waals surface area contributed by atoms with E-state index in [0.29, 0.717) is 10.9 Å². The summed E-state index contributed by atoms with van der Waals surface area (Å²) in [5.41, 5.74) is -0.0194. The van der Waals surface area contributed by atoms with Gasteiger partial charge in [0.15, 0.2) is 5.65 Å².